The molecule has 4 rings (SSSR count). The minimum atomic E-state index is -0.767. The topological polar surface area (TPSA) is 67.6 Å². The molecule has 0 aromatic heterocycles. The van der Waals surface area contributed by atoms with Crippen LogP contribution in [-0.2, 0) is 5.41 Å². The molecule has 2 saturated heterocycles. The lowest BCUT2D eigenvalue weighted by Gasteiger charge is -2.62. The summed E-state index contributed by atoms with van der Waals surface area (Å²) in [4.78, 5) is 15.6. The van der Waals surface area contributed by atoms with Crippen LogP contribution < -0.4 is 0 Å². The molecule has 1 aromatic rings. The Kier molecular flexibility index (Phi) is 4.63. The standard InChI is InChI=1S/C22H29N3O2/c1-2-21-15-24(13-10-19(21)25(16-21)20(26)27)18-8-11-22(14-23,12-9-18)17-6-4-3-5-7-17/h3-7,18-19H,2,8-13,15-16H2,1H3,(H,26,27). The van der Waals surface area contributed by atoms with Gasteiger partial charge >= 0.3 is 6.09 Å². The van der Waals surface area contributed by atoms with E-state index in [1.807, 2.05) is 18.2 Å². The van der Waals surface area contributed by atoms with Gasteiger partial charge in [-0.05, 0) is 44.1 Å². The lowest BCUT2D eigenvalue weighted by Crippen LogP contribution is -2.72. The number of amides is 1. The minimum Gasteiger partial charge on any atom is -0.465 e. The lowest BCUT2D eigenvalue weighted by molar-refractivity contribution is -0.119. The maximum atomic E-state index is 11.4. The molecular weight excluding hydrogens is 338 g/mol. The van der Waals surface area contributed by atoms with Gasteiger partial charge in [0.25, 0.3) is 0 Å². The number of rotatable bonds is 3. The van der Waals surface area contributed by atoms with Crippen molar-refractivity contribution in [3.05, 3.63) is 35.9 Å². The van der Waals surface area contributed by atoms with Crippen molar-refractivity contribution in [2.24, 2.45) is 5.41 Å². The molecule has 1 N–H and O–H groups in total. The van der Waals surface area contributed by atoms with Crippen molar-refractivity contribution in [1.29, 1.82) is 5.26 Å². The minimum absolute atomic E-state index is 0.139. The van der Waals surface area contributed by atoms with Crippen molar-refractivity contribution in [2.75, 3.05) is 19.6 Å². The van der Waals surface area contributed by atoms with E-state index in [1.165, 1.54) is 0 Å². The van der Waals surface area contributed by atoms with Crippen molar-refractivity contribution >= 4 is 6.09 Å². The van der Waals surface area contributed by atoms with Crippen LogP contribution in [0.25, 0.3) is 0 Å². The van der Waals surface area contributed by atoms with Gasteiger partial charge in [0.15, 0.2) is 0 Å². The third-order valence-electron chi connectivity index (χ3n) is 7.59. The zero-order valence-electron chi connectivity index (χ0n) is 16.1. The summed E-state index contributed by atoms with van der Waals surface area (Å²) in [5.41, 5.74) is 0.959. The number of fused-ring (bicyclic) bond motifs is 1. The van der Waals surface area contributed by atoms with E-state index >= 15 is 0 Å². The molecule has 2 unspecified atom stereocenters. The van der Waals surface area contributed by atoms with Gasteiger partial charge in [-0.25, -0.2) is 4.79 Å². The maximum absolute atomic E-state index is 11.4. The Bertz CT molecular complexity index is 736. The van der Waals surface area contributed by atoms with Crippen LogP contribution in [0, 0.1) is 16.7 Å². The van der Waals surface area contributed by atoms with E-state index in [2.05, 4.69) is 30.0 Å². The van der Waals surface area contributed by atoms with Gasteiger partial charge in [-0.15, -0.1) is 0 Å². The number of hydrogen-bond donors (Lipinski definition) is 1. The van der Waals surface area contributed by atoms with Gasteiger partial charge in [0, 0.05) is 37.1 Å². The smallest absolute Gasteiger partial charge is 0.407 e. The highest BCUT2D eigenvalue weighted by Crippen LogP contribution is 2.48. The third-order valence-corrected chi connectivity index (χ3v) is 7.59. The molecule has 0 spiro atoms. The molecule has 5 heteroatoms. The fraction of sp³-hybridized carbons (Fsp3) is 0.636. The summed E-state index contributed by atoms with van der Waals surface area (Å²) in [7, 11) is 0. The molecule has 0 bridgehead atoms. The summed E-state index contributed by atoms with van der Waals surface area (Å²) in [5, 5.41) is 19.3. The number of nitriles is 1. The second kappa shape index (κ2) is 6.83. The molecule has 1 aromatic carbocycles. The quantitative estimate of drug-likeness (QED) is 0.881. The highest BCUT2D eigenvalue weighted by Gasteiger charge is 2.56. The molecular formula is C22H29N3O2. The summed E-state index contributed by atoms with van der Waals surface area (Å²) in [6, 6.07) is 13.6. The van der Waals surface area contributed by atoms with Crippen LogP contribution in [0.4, 0.5) is 4.79 Å². The van der Waals surface area contributed by atoms with E-state index in [0.717, 1.165) is 57.2 Å². The van der Waals surface area contributed by atoms with E-state index in [4.69, 9.17) is 0 Å². The summed E-state index contributed by atoms with van der Waals surface area (Å²) in [5.74, 6) is 0. The number of likely N-dealkylation sites (tertiary alicyclic amines) is 2. The van der Waals surface area contributed by atoms with Crippen molar-refractivity contribution < 1.29 is 9.90 Å². The molecule has 3 fully saturated rings. The molecule has 3 aliphatic rings. The number of carbonyl (C=O) groups is 1. The molecule has 1 saturated carbocycles. The number of nitrogens with zero attached hydrogens (tertiary/aromatic N) is 3. The first-order valence-electron chi connectivity index (χ1n) is 10.2. The molecule has 0 radical (unpaired) electrons. The van der Waals surface area contributed by atoms with Crippen LogP contribution >= 0.6 is 0 Å². The van der Waals surface area contributed by atoms with E-state index < -0.39 is 6.09 Å². The zero-order chi connectivity index (χ0) is 19.1. The number of carboxylic acid groups (broad SMARTS) is 1. The monoisotopic (exact) mass is 367 g/mol. The summed E-state index contributed by atoms with van der Waals surface area (Å²) < 4.78 is 0. The van der Waals surface area contributed by atoms with Gasteiger partial charge in [0.1, 0.15) is 0 Å². The SMILES string of the molecule is CCC12CN(C3CCC(C#N)(c4ccccc4)CC3)CCC1N(C(=O)O)C2. The second-order valence-electron chi connectivity index (χ2n) is 8.69. The van der Waals surface area contributed by atoms with Crippen LogP contribution in [0.2, 0.25) is 0 Å². The Morgan fingerprint density at radius 1 is 1.22 bits per heavy atom. The zero-order valence-corrected chi connectivity index (χ0v) is 16.1. The second-order valence-corrected chi connectivity index (χ2v) is 8.69. The van der Waals surface area contributed by atoms with Crippen LogP contribution in [0.15, 0.2) is 30.3 Å². The van der Waals surface area contributed by atoms with E-state index in [-0.39, 0.29) is 16.9 Å². The summed E-state index contributed by atoms with van der Waals surface area (Å²) >= 11 is 0. The van der Waals surface area contributed by atoms with Crippen molar-refractivity contribution in [2.45, 2.75) is 62.9 Å². The van der Waals surface area contributed by atoms with Crippen LogP contribution in [0.5, 0.6) is 0 Å². The molecule has 27 heavy (non-hydrogen) atoms. The Morgan fingerprint density at radius 3 is 2.52 bits per heavy atom. The van der Waals surface area contributed by atoms with Gasteiger partial charge in [-0.1, -0.05) is 37.3 Å². The predicted octanol–water partition coefficient (Wildman–Crippen LogP) is 3.85. The molecule has 1 amide bonds. The fourth-order valence-corrected chi connectivity index (χ4v) is 5.82. The van der Waals surface area contributed by atoms with Gasteiger partial charge in [-0.3, -0.25) is 4.90 Å². The first kappa shape index (κ1) is 18.3. The molecule has 5 nitrogen and oxygen atoms in total. The largest absolute Gasteiger partial charge is 0.465 e. The molecule has 2 aliphatic heterocycles. The van der Waals surface area contributed by atoms with Crippen molar-refractivity contribution in [3.8, 4) is 6.07 Å². The first-order valence-corrected chi connectivity index (χ1v) is 10.2. The molecule has 2 heterocycles. The Balaban J connectivity index is 1.42. The maximum Gasteiger partial charge on any atom is 0.407 e. The van der Waals surface area contributed by atoms with Gasteiger partial charge < -0.3 is 10.0 Å². The average molecular weight is 367 g/mol. The Morgan fingerprint density at radius 2 is 1.93 bits per heavy atom. The number of hydrogen-bond acceptors (Lipinski definition) is 3. The normalized spacial score (nSPS) is 36.4. The van der Waals surface area contributed by atoms with Crippen LogP contribution in [0.3, 0.4) is 0 Å². The number of piperidine rings is 1. The average Bonchev–Trinajstić information content (AvgIpc) is 2.69. The van der Waals surface area contributed by atoms with Gasteiger partial charge in [0.05, 0.1) is 11.5 Å². The van der Waals surface area contributed by atoms with Gasteiger partial charge in [0.2, 0.25) is 0 Å². The summed E-state index contributed by atoms with van der Waals surface area (Å²) in [6.45, 7) is 4.87. The first-order chi connectivity index (χ1) is 13.0. The van der Waals surface area contributed by atoms with E-state index in [0.29, 0.717) is 12.6 Å². The molecule has 2 atom stereocenters. The van der Waals surface area contributed by atoms with Crippen molar-refractivity contribution in [1.82, 2.24) is 9.80 Å². The van der Waals surface area contributed by atoms with Crippen LogP contribution in [0.1, 0.15) is 51.0 Å². The molecule has 144 valence electrons. The van der Waals surface area contributed by atoms with E-state index in [1.54, 1.807) is 4.90 Å². The summed E-state index contributed by atoms with van der Waals surface area (Å²) in [6.07, 6.45) is 5.15. The third kappa shape index (κ3) is 2.91. The molecule has 1 aliphatic carbocycles. The highest BCUT2D eigenvalue weighted by atomic mass is 16.4. The van der Waals surface area contributed by atoms with Gasteiger partial charge in [-0.2, -0.15) is 5.26 Å². The Hall–Kier alpha value is -2.06. The Labute approximate surface area is 161 Å². The van der Waals surface area contributed by atoms with Crippen molar-refractivity contribution in [3.63, 3.8) is 0 Å². The fourth-order valence-electron chi connectivity index (χ4n) is 5.82. The van der Waals surface area contributed by atoms with E-state index in [9.17, 15) is 15.2 Å². The predicted molar refractivity (Wildman–Crippen MR) is 103 cm³/mol. The lowest BCUT2D eigenvalue weighted by atomic mass is 9.64. The number of benzene rings is 1. The van der Waals surface area contributed by atoms with Crippen LogP contribution in [-0.4, -0.2) is 52.7 Å². The highest BCUT2D eigenvalue weighted by molar-refractivity contribution is 5.67.